The van der Waals surface area contributed by atoms with E-state index in [1.807, 2.05) is 24.4 Å². The summed E-state index contributed by atoms with van der Waals surface area (Å²) in [6.45, 7) is 0.306. The van der Waals surface area contributed by atoms with Gasteiger partial charge in [0, 0.05) is 17.6 Å². The molecule has 1 aliphatic rings. The fraction of sp³-hybridized carbons (Fsp3) is 0.250. The van der Waals surface area contributed by atoms with Crippen molar-refractivity contribution in [3.8, 4) is 0 Å². The SMILES string of the molecule is O=C(CC[C@@H]1NC(=O)N(Cc2ccccc2Cl)C1=O)NCc1nnc2ccccn12. The van der Waals surface area contributed by atoms with Crippen molar-refractivity contribution in [2.45, 2.75) is 32.0 Å². The molecule has 0 spiro atoms. The Kier molecular flexibility index (Phi) is 5.62. The van der Waals surface area contributed by atoms with Crippen LogP contribution in [0.15, 0.2) is 48.7 Å². The van der Waals surface area contributed by atoms with Crippen molar-refractivity contribution in [3.05, 3.63) is 65.1 Å². The smallest absolute Gasteiger partial charge is 0.325 e. The van der Waals surface area contributed by atoms with Gasteiger partial charge in [0.2, 0.25) is 5.91 Å². The maximum atomic E-state index is 12.6. The minimum absolute atomic E-state index is 0.0903. The van der Waals surface area contributed by atoms with Crippen molar-refractivity contribution in [2.24, 2.45) is 0 Å². The van der Waals surface area contributed by atoms with Gasteiger partial charge < -0.3 is 10.6 Å². The highest BCUT2D eigenvalue weighted by Gasteiger charge is 2.38. The lowest BCUT2D eigenvalue weighted by atomic mass is 10.1. The summed E-state index contributed by atoms with van der Waals surface area (Å²) in [5, 5.41) is 14.0. The van der Waals surface area contributed by atoms with Gasteiger partial charge in [0.15, 0.2) is 11.5 Å². The minimum Gasteiger partial charge on any atom is -0.349 e. The van der Waals surface area contributed by atoms with Crippen molar-refractivity contribution in [2.75, 3.05) is 0 Å². The zero-order valence-electron chi connectivity index (χ0n) is 15.9. The first-order chi connectivity index (χ1) is 14.5. The Balaban J connectivity index is 1.29. The molecule has 4 amide bonds. The molecule has 30 heavy (non-hydrogen) atoms. The molecular weight excluding hydrogens is 408 g/mol. The topological polar surface area (TPSA) is 109 Å². The predicted molar refractivity (Wildman–Crippen MR) is 108 cm³/mol. The van der Waals surface area contributed by atoms with E-state index in [-0.39, 0.29) is 37.7 Å². The first-order valence-corrected chi connectivity index (χ1v) is 9.81. The fourth-order valence-corrected chi connectivity index (χ4v) is 3.47. The number of pyridine rings is 1. The number of carbonyl (C=O) groups excluding carboxylic acids is 3. The third kappa shape index (κ3) is 4.11. The highest BCUT2D eigenvalue weighted by atomic mass is 35.5. The Morgan fingerprint density at radius 2 is 1.93 bits per heavy atom. The molecule has 1 aromatic carbocycles. The van der Waals surface area contributed by atoms with Crippen molar-refractivity contribution < 1.29 is 14.4 Å². The second-order valence-corrected chi connectivity index (χ2v) is 7.29. The molecule has 2 aromatic heterocycles. The molecule has 0 bridgehead atoms. The highest BCUT2D eigenvalue weighted by Crippen LogP contribution is 2.20. The summed E-state index contributed by atoms with van der Waals surface area (Å²) in [4.78, 5) is 38.1. The van der Waals surface area contributed by atoms with Gasteiger partial charge in [-0.3, -0.25) is 18.9 Å². The van der Waals surface area contributed by atoms with Gasteiger partial charge in [0.1, 0.15) is 6.04 Å². The van der Waals surface area contributed by atoms with Gasteiger partial charge in [-0.1, -0.05) is 35.9 Å². The Bertz CT molecular complexity index is 1110. The number of aromatic nitrogens is 3. The summed E-state index contributed by atoms with van der Waals surface area (Å²) in [7, 11) is 0. The Morgan fingerprint density at radius 3 is 2.77 bits per heavy atom. The average molecular weight is 427 g/mol. The summed E-state index contributed by atoms with van der Waals surface area (Å²) >= 11 is 6.12. The van der Waals surface area contributed by atoms with Crippen LogP contribution in [0.25, 0.3) is 5.65 Å². The molecule has 10 heteroatoms. The first-order valence-electron chi connectivity index (χ1n) is 9.43. The van der Waals surface area contributed by atoms with E-state index in [0.717, 1.165) is 4.90 Å². The number of amides is 4. The number of imide groups is 1. The summed E-state index contributed by atoms with van der Waals surface area (Å²) in [5.41, 5.74) is 1.38. The van der Waals surface area contributed by atoms with Gasteiger partial charge in [-0.25, -0.2) is 4.79 Å². The second-order valence-electron chi connectivity index (χ2n) is 6.88. The van der Waals surface area contributed by atoms with E-state index in [1.54, 1.807) is 28.7 Å². The fourth-order valence-electron chi connectivity index (χ4n) is 3.27. The molecular formula is C20H19ClN6O3. The maximum Gasteiger partial charge on any atom is 0.325 e. The van der Waals surface area contributed by atoms with Gasteiger partial charge in [0.25, 0.3) is 5.91 Å². The van der Waals surface area contributed by atoms with Crippen molar-refractivity contribution in [1.29, 1.82) is 0 Å². The van der Waals surface area contributed by atoms with Crippen LogP contribution in [0.3, 0.4) is 0 Å². The minimum atomic E-state index is -0.736. The number of nitrogens with one attached hydrogen (secondary N) is 2. The van der Waals surface area contributed by atoms with Gasteiger partial charge in [-0.15, -0.1) is 10.2 Å². The van der Waals surface area contributed by atoms with E-state index in [9.17, 15) is 14.4 Å². The van der Waals surface area contributed by atoms with Crippen LogP contribution in [0.1, 0.15) is 24.2 Å². The van der Waals surface area contributed by atoms with Gasteiger partial charge >= 0.3 is 6.03 Å². The monoisotopic (exact) mass is 426 g/mol. The number of halogens is 1. The van der Waals surface area contributed by atoms with Crippen LogP contribution in [0.5, 0.6) is 0 Å². The molecule has 154 valence electrons. The average Bonchev–Trinajstić information content (AvgIpc) is 3.28. The Morgan fingerprint density at radius 1 is 1.13 bits per heavy atom. The lowest BCUT2D eigenvalue weighted by Gasteiger charge is -2.14. The third-order valence-electron chi connectivity index (χ3n) is 4.88. The van der Waals surface area contributed by atoms with Crippen LogP contribution in [0.4, 0.5) is 4.79 Å². The number of hydrogen-bond donors (Lipinski definition) is 2. The summed E-state index contributed by atoms with van der Waals surface area (Å²) in [6.07, 6.45) is 2.11. The number of hydrogen-bond acceptors (Lipinski definition) is 5. The molecule has 9 nitrogen and oxygen atoms in total. The van der Waals surface area contributed by atoms with Crippen LogP contribution in [0.2, 0.25) is 5.02 Å². The highest BCUT2D eigenvalue weighted by molar-refractivity contribution is 6.31. The van der Waals surface area contributed by atoms with Crippen LogP contribution in [-0.2, 0) is 22.7 Å². The van der Waals surface area contributed by atoms with E-state index in [1.165, 1.54) is 0 Å². The molecule has 0 aliphatic carbocycles. The standard InChI is InChI=1S/C20H19ClN6O3/c21-14-6-2-1-5-13(14)12-27-19(29)15(23-20(27)30)8-9-18(28)22-11-17-25-24-16-7-3-4-10-26(16)17/h1-7,10,15H,8-9,11-12H2,(H,22,28)(H,23,30)/t15-/m0/s1. The number of benzene rings is 1. The van der Waals surface area contributed by atoms with Crippen molar-refractivity contribution in [3.63, 3.8) is 0 Å². The van der Waals surface area contributed by atoms with Gasteiger partial charge in [0.05, 0.1) is 13.1 Å². The summed E-state index contributed by atoms with van der Waals surface area (Å²) in [5.74, 6) is 0.000523. The van der Waals surface area contributed by atoms with Crippen molar-refractivity contribution >= 4 is 35.1 Å². The van der Waals surface area contributed by atoms with E-state index < -0.39 is 12.1 Å². The zero-order valence-corrected chi connectivity index (χ0v) is 16.7. The lowest BCUT2D eigenvalue weighted by Crippen LogP contribution is -2.32. The van der Waals surface area contributed by atoms with E-state index in [4.69, 9.17) is 11.6 Å². The summed E-state index contributed by atoms with van der Waals surface area (Å²) < 4.78 is 1.79. The number of fused-ring (bicyclic) bond motifs is 1. The number of carbonyl (C=O) groups is 3. The molecule has 1 saturated heterocycles. The molecule has 0 unspecified atom stereocenters. The molecule has 1 aliphatic heterocycles. The molecule has 0 radical (unpaired) electrons. The molecule has 1 atom stereocenters. The largest absolute Gasteiger partial charge is 0.349 e. The quantitative estimate of drug-likeness (QED) is 0.561. The second kappa shape index (κ2) is 8.50. The van der Waals surface area contributed by atoms with E-state index in [2.05, 4.69) is 20.8 Å². The number of urea groups is 1. The first kappa shape index (κ1) is 19.8. The lowest BCUT2D eigenvalue weighted by molar-refractivity contribution is -0.128. The number of rotatable bonds is 7. The van der Waals surface area contributed by atoms with Crippen LogP contribution in [-0.4, -0.2) is 43.4 Å². The molecule has 3 aromatic rings. The maximum absolute atomic E-state index is 12.6. The molecule has 4 rings (SSSR count). The molecule has 1 fully saturated rings. The summed E-state index contributed by atoms with van der Waals surface area (Å²) in [6, 6.07) is 11.3. The molecule has 2 N–H and O–H groups in total. The van der Waals surface area contributed by atoms with E-state index >= 15 is 0 Å². The Hall–Kier alpha value is -3.46. The zero-order chi connectivity index (χ0) is 21.1. The predicted octanol–water partition coefficient (Wildman–Crippen LogP) is 1.90. The number of nitrogens with zero attached hydrogens (tertiary/aromatic N) is 4. The Labute approximate surface area is 177 Å². The van der Waals surface area contributed by atoms with Gasteiger partial charge in [-0.05, 0) is 30.2 Å². The van der Waals surface area contributed by atoms with Crippen molar-refractivity contribution in [1.82, 2.24) is 30.1 Å². The van der Waals surface area contributed by atoms with Crippen LogP contribution >= 0.6 is 11.6 Å². The molecule has 0 saturated carbocycles. The van der Waals surface area contributed by atoms with Gasteiger partial charge in [-0.2, -0.15) is 0 Å². The third-order valence-corrected chi connectivity index (χ3v) is 5.25. The normalized spacial score (nSPS) is 16.2. The van der Waals surface area contributed by atoms with Crippen LogP contribution in [0, 0.1) is 0 Å². The van der Waals surface area contributed by atoms with E-state index in [0.29, 0.717) is 22.1 Å². The van der Waals surface area contributed by atoms with Crippen LogP contribution < -0.4 is 10.6 Å². The molecule has 3 heterocycles.